The van der Waals surface area contributed by atoms with Gasteiger partial charge in [-0.2, -0.15) is 0 Å². The third-order valence-electron chi connectivity index (χ3n) is 3.51. The van der Waals surface area contributed by atoms with Gasteiger partial charge in [-0.25, -0.2) is 4.90 Å². The number of carbonyl (C=O) groups excluding carboxylic acids is 2. The van der Waals surface area contributed by atoms with Crippen molar-refractivity contribution in [2.45, 2.75) is 19.8 Å². The summed E-state index contributed by atoms with van der Waals surface area (Å²) in [6, 6.07) is 13.6. The second kappa shape index (κ2) is 4.93. The highest BCUT2D eigenvalue weighted by Gasteiger charge is 2.34. The molecule has 0 N–H and O–H groups in total. The zero-order valence-corrected chi connectivity index (χ0v) is 11.3. The number of amides is 2. The summed E-state index contributed by atoms with van der Waals surface area (Å²) in [5, 5.41) is 2.12. The Bertz CT molecular complexity index is 731. The highest BCUT2D eigenvalue weighted by atomic mass is 16.2. The molecule has 0 aromatic heterocycles. The van der Waals surface area contributed by atoms with Crippen LogP contribution in [0.25, 0.3) is 10.8 Å². The molecular weight excluding hydrogens is 250 g/mol. The summed E-state index contributed by atoms with van der Waals surface area (Å²) in [5.74, 6) is -0.336. The van der Waals surface area contributed by atoms with E-state index in [0.29, 0.717) is 11.3 Å². The van der Waals surface area contributed by atoms with Crippen LogP contribution in [0, 0.1) is 0 Å². The molecule has 20 heavy (non-hydrogen) atoms. The normalized spacial score (nSPS) is 17.4. The minimum Gasteiger partial charge on any atom is -0.274 e. The number of fused-ring (bicyclic) bond motifs is 1. The van der Waals surface area contributed by atoms with E-state index in [1.54, 1.807) is 0 Å². The van der Waals surface area contributed by atoms with Crippen molar-refractivity contribution in [1.82, 2.24) is 0 Å². The molecule has 2 aromatic rings. The van der Waals surface area contributed by atoms with Crippen LogP contribution in [0.2, 0.25) is 0 Å². The summed E-state index contributed by atoms with van der Waals surface area (Å²) in [6.07, 6.45) is 2.81. The molecule has 3 rings (SSSR count). The predicted molar refractivity (Wildman–Crippen MR) is 79.4 cm³/mol. The van der Waals surface area contributed by atoms with E-state index in [9.17, 15) is 9.59 Å². The molecule has 1 aliphatic heterocycles. The Morgan fingerprint density at radius 3 is 2.60 bits per heavy atom. The van der Waals surface area contributed by atoms with Crippen molar-refractivity contribution < 1.29 is 9.59 Å². The number of hydrogen-bond acceptors (Lipinski definition) is 2. The monoisotopic (exact) mass is 265 g/mol. The molecule has 1 fully saturated rings. The molecule has 0 saturated carbocycles. The van der Waals surface area contributed by atoms with Crippen LogP contribution in [0.1, 0.15) is 19.8 Å². The highest BCUT2D eigenvalue weighted by molar-refractivity contribution is 6.28. The molecule has 0 atom stereocenters. The molecule has 0 spiro atoms. The van der Waals surface area contributed by atoms with E-state index < -0.39 is 0 Å². The third-order valence-corrected chi connectivity index (χ3v) is 3.51. The van der Waals surface area contributed by atoms with Gasteiger partial charge in [0.25, 0.3) is 5.91 Å². The summed E-state index contributed by atoms with van der Waals surface area (Å²) in [6.45, 7) is 1.96. The van der Waals surface area contributed by atoms with Gasteiger partial charge in [0.1, 0.15) is 0 Å². The Balaban J connectivity index is 2.04. The van der Waals surface area contributed by atoms with Gasteiger partial charge in [-0.1, -0.05) is 43.3 Å². The standard InChI is InChI=1S/C17H15NO2/c1-2-5-14-11-16(19)18(17(14)20)15-9-8-12-6-3-4-7-13(12)10-15/h3-10H,2,11H2,1H3. The van der Waals surface area contributed by atoms with Gasteiger partial charge in [0.05, 0.1) is 12.1 Å². The van der Waals surface area contributed by atoms with Crippen molar-refractivity contribution in [3.8, 4) is 0 Å². The molecule has 0 radical (unpaired) electrons. The zero-order chi connectivity index (χ0) is 14.1. The van der Waals surface area contributed by atoms with Gasteiger partial charge in [-0.05, 0) is 29.3 Å². The average Bonchev–Trinajstić information content (AvgIpc) is 2.73. The van der Waals surface area contributed by atoms with Crippen molar-refractivity contribution in [1.29, 1.82) is 0 Å². The van der Waals surface area contributed by atoms with Gasteiger partial charge in [0, 0.05) is 5.57 Å². The van der Waals surface area contributed by atoms with Crippen molar-refractivity contribution in [3.05, 3.63) is 54.1 Å². The van der Waals surface area contributed by atoms with Crippen LogP contribution in [0.4, 0.5) is 5.69 Å². The van der Waals surface area contributed by atoms with E-state index in [-0.39, 0.29) is 18.2 Å². The summed E-state index contributed by atoms with van der Waals surface area (Å²) in [4.78, 5) is 25.6. The summed E-state index contributed by atoms with van der Waals surface area (Å²) in [5.41, 5.74) is 1.25. The lowest BCUT2D eigenvalue weighted by Crippen LogP contribution is -2.28. The van der Waals surface area contributed by atoms with Crippen LogP contribution in [0.15, 0.2) is 54.1 Å². The largest absolute Gasteiger partial charge is 0.274 e. The van der Waals surface area contributed by atoms with Crippen molar-refractivity contribution in [2.75, 3.05) is 4.90 Å². The van der Waals surface area contributed by atoms with Crippen LogP contribution in [-0.4, -0.2) is 11.8 Å². The van der Waals surface area contributed by atoms with Gasteiger partial charge in [-0.3, -0.25) is 9.59 Å². The second-order valence-corrected chi connectivity index (χ2v) is 4.88. The summed E-state index contributed by atoms with van der Waals surface area (Å²) >= 11 is 0. The highest BCUT2D eigenvalue weighted by Crippen LogP contribution is 2.28. The number of hydrogen-bond donors (Lipinski definition) is 0. The molecule has 0 aliphatic carbocycles. The first kappa shape index (κ1) is 12.6. The maximum absolute atomic E-state index is 12.3. The quantitative estimate of drug-likeness (QED) is 0.616. The molecule has 3 heteroatoms. The Kier molecular flexibility index (Phi) is 3.11. The number of allylic oxidation sites excluding steroid dienone is 1. The molecule has 1 aliphatic rings. The van der Waals surface area contributed by atoms with Gasteiger partial charge in [-0.15, -0.1) is 0 Å². The Morgan fingerprint density at radius 1 is 1.10 bits per heavy atom. The van der Waals surface area contributed by atoms with Crippen LogP contribution in [0.3, 0.4) is 0 Å². The summed E-state index contributed by atoms with van der Waals surface area (Å²) < 4.78 is 0. The maximum atomic E-state index is 12.3. The fraction of sp³-hybridized carbons (Fsp3) is 0.176. The van der Waals surface area contributed by atoms with Crippen LogP contribution in [-0.2, 0) is 9.59 Å². The van der Waals surface area contributed by atoms with Gasteiger partial charge in [0.15, 0.2) is 0 Å². The van der Waals surface area contributed by atoms with Gasteiger partial charge in [0.2, 0.25) is 5.91 Å². The van der Waals surface area contributed by atoms with Crippen LogP contribution in [0.5, 0.6) is 0 Å². The second-order valence-electron chi connectivity index (χ2n) is 4.88. The first-order valence-electron chi connectivity index (χ1n) is 6.76. The number of benzene rings is 2. The first-order chi connectivity index (χ1) is 9.70. The number of nitrogens with zero attached hydrogens (tertiary/aromatic N) is 1. The van der Waals surface area contributed by atoms with E-state index in [1.807, 2.05) is 55.5 Å². The van der Waals surface area contributed by atoms with Crippen LogP contribution < -0.4 is 4.90 Å². The average molecular weight is 265 g/mol. The smallest absolute Gasteiger partial charge is 0.261 e. The molecular formula is C17H15NO2. The molecule has 1 heterocycles. The number of carbonyl (C=O) groups is 2. The Morgan fingerprint density at radius 2 is 1.85 bits per heavy atom. The summed E-state index contributed by atoms with van der Waals surface area (Å²) in [7, 11) is 0. The van der Waals surface area contributed by atoms with E-state index in [2.05, 4.69) is 0 Å². The van der Waals surface area contributed by atoms with E-state index in [1.165, 1.54) is 4.90 Å². The minimum absolute atomic E-state index is 0.148. The maximum Gasteiger partial charge on any atom is 0.261 e. The van der Waals surface area contributed by atoms with E-state index in [0.717, 1.165) is 17.2 Å². The van der Waals surface area contributed by atoms with Gasteiger partial charge >= 0.3 is 0 Å². The number of rotatable bonds is 2. The van der Waals surface area contributed by atoms with Crippen molar-refractivity contribution in [2.24, 2.45) is 0 Å². The predicted octanol–water partition coefficient (Wildman–Crippen LogP) is 3.44. The lowest BCUT2D eigenvalue weighted by molar-refractivity contribution is -0.120. The first-order valence-corrected chi connectivity index (χ1v) is 6.76. The molecule has 2 amide bonds. The third kappa shape index (κ3) is 2.01. The molecule has 0 unspecified atom stereocenters. The van der Waals surface area contributed by atoms with Crippen LogP contribution >= 0.6 is 0 Å². The topological polar surface area (TPSA) is 37.4 Å². The van der Waals surface area contributed by atoms with E-state index in [4.69, 9.17) is 0 Å². The SMILES string of the molecule is CCC=C1CC(=O)N(c2ccc3ccccc3c2)C1=O. The molecule has 0 bridgehead atoms. The lowest BCUT2D eigenvalue weighted by atomic mass is 10.1. The Hall–Kier alpha value is -2.42. The number of anilines is 1. The molecule has 1 saturated heterocycles. The number of imide groups is 1. The fourth-order valence-electron chi connectivity index (χ4n) is 2.56. The molecule has 2 aromatic carbocycles. The minimum atomic E-state index is -0.188. The van der Waals surface area contributed by atoms with Crippen molar-refractivity contribution in [3.63, 3.8) is 0 Å². The Labute approximate surface area is 117 Å². The fourth-order valence-corrected chi connectivity index (χ4v) is 2.56. The van der Waals surface area contributed by atoms with E-state index >= 15 is 0 Å². The lowest BCUT2D eigenvalue weighted by Gasteiger charge is -2.14. The zero-order valence-electron chi connectivity index (χ0n) is 11.3. The molecule has 100 valence electrons. The molecule has 3 nitrogen and oxygen atoms in total. The van der Waals surface area contributed by atoms with Gasteiger partial charge < -0.3 is 0 Å². The van der Waals surface area contributed by atoms with Crippen molar-refractivity contribution >= 4 is 28.3 Å².